The van der Waals surface area contributed by atoms with Crippen molar-refractivity contribution in [2.45, 2.75) is 63.5 Å². The SMILES string of the molecule is C=CCOC(=O)N1c2cc(OCCCC(=O)Nc3cc(C(=O)Nc4cc(C(=O)Nc5cc(C(=O)OC)n(C)c5)n(C)c4)n(C)c3)c(OC)cc2C(=O)N2CCC[C@H]2[C@@H]1OC1CCCCO1. The second-order valence-corrected chi connectivity index (χ2v) is 15.9. The van der Waals surface area contributed by atoms with Crippen LogP contribution in [0.3, 0.4) is 0 Å². The number of rotatable bonds is 16. The number of nitrogens with zero attached hydrogens (tertiary/aromatic N) is 5. The molecule has 1 aromatic carbocycles. The average molecular weight is 899 g/mol. The van der Waals surface area contributed by atoms with Gasteiger partial charge in [-0.05, 0) is 62.8 Å². The maximum Gasteiger partial charge on any atom is 0.416 e. The Bertz CT molecular complexity index is 2460. The molecule has 20 heteroatoms. The summed E-state index contributed by atoms with van der Waals surface area (Å²) in [5.41, 5.74) is 2.35. The highest BCUT2D eigenvalue weighted by atomic mass is 16.7. The monoisotopic (exact) mass is 898 g/mol. The van der Waals surface area contributed by atoms with Gasteiger partial charge in [0.25, 0.3) is 17.7 Å². The molecule has 1 unspecified atom stereocenters. The molecule has 0 saturated carbocycles. The molecule has 346 valence electrons. The van der Waals surface area contributed by atoms with Crippen LogP contribution in [0.4, 0.5) is 27.5 Å². The minimum absolute atomic E-state index is 0.0535. The lowest BCUT2D eigenvalue weighted by atomic mass is 10.1. The van der Waals surface area contributed by atoms with Crippen molar-refractivity contribution >= 4 is 58.4 Å². The summed E-state index contributed by atoms with van der Waals surface area (Å²) in [6.45, 7) is 4.69. The highest BCUT2D eigenvalue weighted by molar-refractivity contribution is 6.08. The fourth-order valence-electron chi connectivity index (χ4n) is 8.21. The molecule has 3 aliphatic heterocycles. The summed E-state index contributed by atoms with van der Waals surface area (Å²) >= 11 is 0. The number of carbonyl (C=O) groups is 6. The molecule has 4 aromatic rings. The van der Waals surface area contributed by atoms with Crippen molar-refractivity contribution in [3.8, 4) is 11.5 Å². The van der Waals surface area contributed by atoms with E-state index in [4.69, 9.17) is 28.4 Å². The molecule has 3 N–H and O–H groups in total. The molecule has 2 saturated heterocycles. The average Bonchev–Trinajstić information content (AvgIpc) is 4.09. The Balaban J connectivity index is 0.976. The van der Waals surface area contributed by atoms with E-state index in [0.717, 1.165) is 19.3 Å². The minimum atomic E-state index is -0.909. The first-order valence-corrected chi connectivity index (χ1v) is 21.3. The lowest BCUT2D eigenvalue weighted by Gasteiger charge is -2.38. The van der Waals surface area contributed by atoms with Gasteiger partial charge in [-0.3, -0.25) is 19.2 Å². The van der Waals surface area contributed by atoms with Crippen molar-refractivity contribution in [1.82, 2.24) is 18.6 Å². The quantitative estimate of drug-likeness (QED) is 0.0731. The maximum atomic E-state index is 14.1. The number of hydrogen-bond donors (Lipinski definition) is 3. The van der Waals surface area contributed by atoms with Crippen LogP contribution < -0.4 is 30.3 Å². The number of anilines is 4. The van der Waals surface area contributed by atoms with E-state index >= 15 is 0 Å². The van der Waals surface area contributed by atoms with Crippen LogP contribution >= 0.6 is 0 Å². The number of hydrogen-bond acceptors (Lipinski definition) is 12. The molecule has 2 fully saturated rings. The van der Waals surface area contributed by atoms with Gasteiger partial charge in [-0.2, -0.15) is 0 Å². The molecule has 0 radical (unpaired) electrons. The largest absolute Gasteiger partial charge is 0.493 e. The summed E-state index contributed by atoms with van der Waals surface area (Å²) in [5.74, 6) is -1.59. The lowest BCUT2D eigenvalue weighted by molar-refractivity contribution is -0.195. The third-order valence-corrected chi connectivity index (χ3v) is 11.3. The molecule has 3 aliphatic rings. The number of esters is 1. The predicted molar refractivity (Wildman–Crippen MR) is 236 cm³/mol. The van der Waals surface area contributed by atoms with E-state index < -0.39 is 42.4 Å². The Morgan fingerprint density at radius 2 is 1.46 bits per heavy atom. The molecule has 6 heterocycles. The second-order valence-electron chi connectivity index (χ2n) is 15.9. The molecular weight excluding hydrogens is 845 g/mol. The highest BCUT2D eigenvalue weighted by Crippen LogP contribution is 2.42. The van der Waals surface area contributed by atoms with E-state index in [9.17, 15) is 28.8 Å². The van der Waals surface area contributed by atoms with Gasteiger partial charge in [0.15, 0.2) is 24.0 Å². The van der Waals surface area contributed by atoms with Crippen molar-refractivity contribution in [2.24, 2.45) is 21.1 Å². The van der Waals surface area contributed by atoms with Crippen molar-refractivity contribution in [3.63, 3.8) is 0 Å². The predicted octanol–water partition coefficient (Wildman–Crippen LogP) is 5.42. The molecule has 0 aliphatic carbocycles. The third-order valence-electron chi connectivity index (χ3n) is 11.3. The number of aromatic nitrogens is 3. The van der Waals surface area contributed by atoms with Crippen molar-refractivity contribution in [2.75, 3.05) is 61.4 Å². The number of amides is 5. The Kier molecular flexibility index (Phi) is 14.3. The Morgan fingerprint density at radius 1 is 0.815 bits per heavy atom. The first-order valence-electron chi connectivity index (χ1n) is 21.3. The number of fused-ring (bicyclic) bond motifs is 2. The fourth-order valence-corrected chi connectivity index (χ4v) is 8.21. The first-order chi connectivity index (χ1) is 31.3. The Hall–Kier alpha value is -7.06. The molecule has 65 heavy (non-hydrogen) atoms. The summed E-state index contributed by atoms with van der Waals surface area (Å²) in [6.07, 6.45) is 8.15. The van der Waals surface area contributed by atoms with Gasteiger partial charge in [0.2, 0.25) is 5.91 Å². The normalized spacial score (nSPS) is 17.9. The summed E-state index contributed by atoms with van der Waals surface area (Å²) in [5, 5.41) is 8.35. The summed E-state index contributed by atoms with van der Waals surface area (Å²) in [7, 11) is 7.69. The Morgan fingerprint density at radius 3 is 2.08 bits per heavy atom. The van der Waals surface area contributed by atoms with Crippen molar-refractivity contribution in [3.05, 3.63) is 84.2 Å². The van der Waals surface area contributed by atoms with Crippen molar-refractivity contribution in [1.29, 1.82) is 0 Å². The molecule has 20 nitrogen and oxygen atoms in total. The van der Waals surface area contributed by atoms with Gasteiger partial charge in [-0.15, -0.1) is 0 Å². The van der Waals surface area contributed by atoms with Crippen LogP contribution in [-0.4, -0.2) is 113 Å². The zero-order valence-corrected chi connectivity index (χ0v) is 37.0. The lowest BCUT2D eigenvalue weighted by Crippen LogP contribution is -2.54. The first kappa shape index (κ1) is 45.9. The standard InChI is InChI=1S/C45H54N8O12/c1-7-16-64-45(59)53-32-23-37(36(60-5)22-30(32)42(57)52-15-10-12-31(52)43(53)65-39-14-8-9-17-63-39)62-18-11-13-38(54)46-27-19-33(49(2)24-27)40(55)47-28-20-34(50(3)25-28)41(56)48-29-21-35(44(58)61-6)51(4)26-29/h7,19-26,31,39,43H,1,8-18H2,2-6H3,(H,46,54)(H,47,55)(H,48,56)/t31-,39?,43-/m0/s1. The number of benzene rings is 1. The van der Waals surface area contributed by atoms with Crippen LogP contribution in [0.5, 0.6) is 11.5 Å². The smallest absolute Gasteiger partial charge is 0.416 e. The van der Waals surface area contributed by atoms with Crippen molar-refractivity contribution < 1.29 is 57.2 Å². The molecule has 0 bridgehead atoms. The summed E-state index contributed by atoms with van der Waals surface area (Å²) < 4.78 is 39.2. The van der Waals surface area contributed by atoms with Crippen LogP contribution in [0.2, 0.25) is 0 Å². The molecule has 0 spiro atoms. The molecule has 7 rings (SSSR count). The van der Waals surface area contributed by atoms with Gasteiger partial charge >= 0.3 is 12.1 Å². The zero-order valence-electron chi connectivity index (χ0n) is 37.0. The van der Waals surface area contributed by atoms with E-state index in [0.29, 0.717) is 43.1 Å². The topological polar surface area (TPSA) is 215 Å². The third kappa shape index (κ3) is 10.2. The van der Waals surface area contributed by atoms with Gasteiger partial charge < -0.3 is 63.0 Å². The minimum Gasteiger partial charge on any atom is -0.493 e. The maximum absolute atomic E-state index is 14.1. The zero-order chi connectivity index (χ0) is 46.4. The number of aryl methyl sites for hydroxylation is 3. The van der Waals surface area contributed by atoms with Crippen LogP contribution in [0.25, 0.3) is 0 Å². The van der Waals surface area contributed by atoms with E-state index in [1.54, 1.807) is 65.9 Å². The van der Waals surface area contributed by atoms with Gasteiger partial charge in [-0.1, -0.05) is 12.7 Å². The summed E-state index contributed by atoms with van der Waals surface area (Å²) in [6, 6.07) is 7.21. The second kappa shape index (κ2) is 20.2. The number of methoxy groups -OCH3 is 2. The molecule has 3 atom stereocenters. The number of nitrogens with one attached hydrogen (secondary N) is 3. The number of carbonyl (C=O) groups excluding carboxylic acids is 6. The van der Waals surface area contributed by atoms with E-state index in [2.05, 4.69) is 22.5 Å². The molecular formula is C45H54N8O12. The van der Waals surface area contributed by atoms with Gasteiger partial charge in [0, 0.05) is 65.4 Å². The van der Waals surface area contributed by atoms with Gasteiger partial charge in [0.1, 0.15) is 23.7 Å². The van der Waals surface area contributed by atoms with E-state index in [1.807, 2.05) is 0 Å². The van der Waals surface area contributed by atoms with Crippen LogP contribution in [0, 0.1) is 0 Å². The van der Waals surface area contributed by atoms with Crippen LogP contribution in [-0.2, 0) is 44.9 Å². The molecule has 5 amide bonds. The van der Waals surface area contributed by atoms with E-state index in [-0.39, 0.29) is 77.7 Å². The fraction of sp³-hybridized carbons (Fsp3) is 0.422. The van der Waals surface area contributed by atoms with Crippen LogP contribution in [0.1, 0.15) is 86.8 Å². The number of ether oxygens (including phenoxy) is 6. The molecule has 3 aromatic heterocycles. The summed E-state index contributed by atoms with van der Waals surface area (Å²) in [4.78, 5) is 82.6. The van der Waals surface area contributed by atoms with E-state index in [1.165, 1.54) is 48.0 Å². The van der Waals surface area contributed by atoms with Gasteiger partial charge in [0.05, 0.1) is 55.2 Å². The van der Waals surface area contributed by atoms with Crippen LogP contribution in [0.15, 0.2) is 61.6 Å². The van der Waals surface area contributed by atoms with Gasteiger partial charge in [-0.25, -0.2) is 14.5 Å². The highest BCUT2D eigenvalue weighted by Gasteiger charge is 2.48. The Labute approximate surface area is 375 Å².